The fourth-order valence-electron chi connectivity index (χ4n) is 2.19. The van der Waals surface area contributed by atoms with Crippen LogP contribution in [0.5, 0.6) is 0 Å². The second kappa shape index (κ2) is 6.21. The van der Waals surface area contributed by atoms with Gasteiger partial charge in [0, 0.05) is 29.5 Å². The Morgan fingerprint density at radius 3 is 2.72 bits per heavy atom. The monoisotopic (exact) mass is 306 g/mol. The van der Waals surface area contributed by atoms with Gasteiger partial charge in [0.2, 0.25) is 0 Å². The van der Waals surface area contributed by atoms with Crippen LogP contribution >= 0.6 is 15.9 Å². The van der Waals surface area contributed by atoms with E-state index < -0.39 is 0 Å². The summed E-state index contributed by atoms with van der Waals surface area (Å²) in [6.07, 6.45) is 5.48. The van der Waals surface area contributed by atoms with E-state index in [4.69, 9.17) is 0 Å². The molecule has 1 aromatic carbocycles. The molecule has 0 aliphatic carbocycles. The molecule has 0 aliphatic rings. The summed E-state index contributed by atoms with van der Waals surface area (Å²) < 4.78 is 3.40. The standard InChI is InChI=1S/C15H19BrN2/c1-3-15(17-2)13-8-9-18(11-13)10-12-6-4-5-7-14(12)16/h4-9,11,15,17H,3,10H2,1-2H3. The van der Waals surface area contributed by atoms with E-state index in [0.717, 1.165) is 13.0 Å². The maximum absolute atomic E-state index is 3.59. The van der Waals surface area contributed by atoms with Gasteiger partial charge in [0.05, 0.1) is 0 Å². The highest BCUT2D eigenvalue weighted by molar-refractivity contribution is 9.10. The van der Waals surface area contributed by atoms with Gasteiger partial charge in [0.15, 0.2) is 0 Å². The summed E-state index contributed by atoms with van der Waals surface area (Å²) in [4.78, 5) is 0. The van der Waals surface area contributed by atoms with E-state index in [0.29, 0.717) is 6.04 Å². The number of aromatic nitrogens is 1. The molecule has 0 saturated carbocycles. The molecule has 1 aromatic heterocycles. The number of hydrogen-bond acceptors (Lipinski definition) is 1. The summed E-state index contributed by atoms with van der Waals surface area (Å²) >= 11 is 3.59. The number of halogens is 1. The molecule has 0 spiro atoms. The molecular weight excluding hydrogens is 288 g/mol. The van der Waals surface area contributed by atoms with Crippen molar-refractivity contribution in [2.24, 2.45) is 0 Å². The van der Waals surface area contributed by atoms with Crippen LogP contribution in [-0.2, 0) is 6.54 Å². The summed E-state index contributed by atoms with van der Waals surface area (Å²) in [6.45, 7) is 3.11. The van der Waals surface area contributed by atoms with Gasteiger partial charge in [0.25, 0.3) is 0 Å². The van der Waals surface area contributed by atoms with E-state index in [-0.39, 0.29) is 0 Å². The maximum atomic E-state index is 3.59. The fourth-order valence-corrected chi connectivity index (χ4v) is 2.60. The van der Waals surface area contributed by atoms with Gasteiger partial charge in [-0.2, -0.15) is 0 Å². The van der Waals surface area contributed by atoms with E-state index in [1.807, 2.05) is 13.1 Å². The summed E-state index contributed by atoms with van der Waals surface area (Å²) in [5, 5.41) is 3.33. The van der Waals surface area contributed by atoms with Gasteiger partial charge in [-0.25, -0.2) is 0 Å². The number of rotatable bonds is 5. The number of nitrogens with zero attached hydrogens (tertiary/aromatic N) is 1. The second-order valence-electron chi connectivity index (χ2n) is 4.46. The topological polar surface area (TPSA) is 17.0 Å². The van der Waals surface area contributed by atoms with E-state index in [1.54, 1.807) is 0 Å². The molecule has 0 saturated heterocycles. The van der Waals surface area contributed by atoms with Crippen molar-refractivity contribution in [3.8, 4) is 0 Å². The second-order valence-corrected chi connectivity index (χ2v) is 5.31. The first kappa shape index (κ1) is 13.4. The Balaban J connectivity index is 2.14. The SMILES string of the molecule is CCC(NC)c1ccn(Cc2ccccc2Br)c1. The van der Waals surface area contributed by atoms with Gasteiger partial charge in [0.1, 0.15) is 0 Å². The van der Waals surface area contributed by atoms with Gasteiger partial charge >= 0.3 is 0 Å². The number of hydrogen-bond donors (Lipinski definition) is 1. The Kier molecular flexibility index (Phi) is 4.61. The molecular formula is C15H19BrN2. The summed E-state index contributed by atoms with van der Waals surface area (Å²) in [7, 11) is 2.01. The summed E-state index contributed by atoms with van der Waals surface area (Å²) in [6, 6.07) is 11.0. The van der Waals surface area contributed by atoms with Gasteiger partial charge < -0.3 is 9.88 Å². The molecule has 0 amide bonds. The van der Waals surface area contributed by atoms with Crippen molar-refractivity contribution in [3.63, 3.8) is 0 Å². The summed E-state index contributed by atoms with van der Waals surface area (Å²) in [5.74, 6) is 0. The smallest absolute Gasteiger partial charge is 0.0481 e. The lowest BCUT2D eigenvalue weighted by atomic mass is 10.1. The highest BCUT2D eigenvalue weighted by Gasteiger charge is 2.08. The molecule has 3 heteroatoms. The molecule has 96 valence electrons. The van der Waals surface area contributed by atoms with Crippen LogP contribution in [0.2, 0.25) is 0 Å². The molecule has 1 N–H and O–H groups in total. The lowest BCUT2D eigenvalue weighted by molar-refractivity contribution is 0.575. The molecule has 0 radical (unpaired) electrons. The normalized spacial score (nSPS) is 12.6. The molecule has 1 heterocycles. The molecule has 2 rings (SSSR count). The molecule has 0 fully saturated rings. The van der Waals surface area contributed by atoms with Crippen molar-refractivity contribution >= 4 is 15.9 Å². The first-order chi connectivity index (χ1) is 8.74. The Morgan fingerprint density at radius 1 is 1.28 bits per heavy atom. The molecule has 0 aliphatic heterocycles. The minimum atomic E-state index is 0.450. The predicted molar refractivity (Wildman–Crippen MR) is 79.8 cm³/mol. The lowest BCUT2D eigenvalue weighted by Gasteiger charge is -2.11. The van der Waals surface area contributed by atoms with Crippen molar-refractivity contribution in [1.82, 2.24) is 9.88 Å². The Morgan fingerprint density at radius 2 is 2.06 bits per heavy atom. The molecule has 0 bridgehead atoms. The summed E-state index contributed by atoms with van der Waals surface area (Å²) in [5.41, 5.74) is 2.66. The third kappa shape index (κ3) is 3.03. The van der Waals surface area contributed by atoms with Crippen LogP contribution in [0.1, 0.15) is 30.5 Å². The van der Waals surface area contributed by atoms with Gasteiger partial charge in [-0.05, 0) is 36.7 Å². The van der Waals surface area contributed by atoms with Crippen molar-refractivity contribution in [2.75, 3.05) is 7.05 Å². The molecule has 2 aromatic rings. The third-order valence-corrected chi connectivity index (χ3v) is 4.02. The van der Waals surface area contributed by atoms with E-state index in [9.17, 15) is 0 Å². The quantitative estimate of drug-likeness (QED) is 0.884. The minimum Gasteiger partial charge on any atom is -0.350 e. The average Bonchev–Trinajstić information content (AvgIpc) is 2.82. The van der Waals surface area contributed by atoms with Crippen molar-refractivity contribution in [3.05, 3.63) is 58.3 Å². The van der Waals surface area contributed by atoms with Gasteiger partial charge in [-0.15, -0.1) is 0 Å². The van der Waals surface area contributed by atoms with Crippen molar-refractivity contribution in [2.45, 2.75) is 25.9 Å². The first-order valence-electron chi connectivity index (χ1n) is 6.31. The largest absolute Gasteiger partial charge is 0.350 e. The minimum absolute atomic E-state index is 0.450. The zero-order chi connectivity index (χ0) is 13.0. The van der Waals surface area contributed by atoms with E-state index in [1.165, 1.54) is 15.6 Å². The highest BCUT2D eigenvalue weighted by atomic mass is 79.9. The van der Waals surface area contributed by atoms with E-state index in [2.05, 4.69) is 69.4 Å². The molecule has 1 atom stereocenters. The number of benzene rings is 1. The highest BCUT2D eigenvalue weighted by Crippen LogP contribution is 2.20. The van der Waals surface area contributed by atoms with Crippen LogP contribution in [-0.4, -0.2) is 11.6 Å². The van der Waals surface area contributed by atoms with Gasteiger partial charge in [-0.1, -0.05) is 41.1 Å². The van der Waals surface area contributed by atoms with Gasteiger partial charge in [-0.3, -0.25) is 0 Å². The Labute approximate surface area is 117 Å². The van der Waals surface area contributed by atoms with Crippen LogP contribution in [0.3, 0.4) is 0 Å². The zero-order valence-corrected chi connectivity index (χ0v) is 12.4. The number of nitrogens with one attached hydrogen (secondary N) is 1. The van der Waals surface area contributed by atoms with Crippen molar-refractivity contribution < 1.29 is 0 Å². The van der Waals surface area contributed by atoms with Crippen LogP contribution in [0, 0.1) is 0 Å². The van der Waals surface area contributed by atoms with E-state index >= 15 is 0 Å². The van der Waals surface area contributed by atoms with Crippen LogP contribution in [0.25, 0.3) is 0 Å². The third-order valence-electron chi connectivity index (χ3n) is 3.24. The van der Waals surface area contributed by atoms with Crippen LogP contribution in [0.4, 0.5) is 0 Å². The zero-order valence-electron chi connectivity index (χ0n) is 10.9. The lowest BCUT2D eigenvalue weighted by Crippen LogP contribution is -2.14. The molecule has 2 nitrogen and oxygen atoms in total. The first-order valence-corrected chi connectivity index (χ1v) is 7.10. The van der Waals surface area contributed by atoms with Crippen LogP contribution in [0.15, 0.2) is 47.2 Å². The average molecular weight is 307 g/mol. The molecule has 18 heavy (non-hydrogen) atoms. The maximum Gasteiger partial charge on any atom is 0.0481 e. The fraction of sp³-hybridized carbons (Fsp3) is 0.333. The Hall–Kier alpha value is -1.06. The predicted octanol–water partition coefficient (Wildman–Crippen LogP) is 3.97. The molecule has 1 unspecified atom stereocenters. The Bertz CT molecular complexity index is 501. The van der Waals surface area contributed by atoms with Crippen molar-refractivity contribution in [1.29, 1.82) is 0 Å². The van der Waals surface area contributed by atoms with Crippen LogP contribution < -0.4 is 5.32 Å².